The summed E-state index contributed by atoms with van der Waals surface area (Å²) < 4.78 is 5.11. The third-order valence-electron chi connectivity index (χ3n) is 6.54. The van der Waals surface area contributed by atoms with Gasteiger partial charge in [0.25, 0.3) is 11.8 Å². The Labute approximate surface area is 193 Å². The molecule has 0 atom stereocenters. The van der Waals surface area contributed by atoms with Gasteiger partial charge in [-0.3, -0.25) is 9.59 Å². The summed E-state index contributed by atoms with van der Waals surface area (Å²) >= 11 is 0. The summed E-state index contributed by atoms with van der Waals surface area (Å²) in [4.78, 5) is 28.0. The Balaban J connectivity index is 1.51. The first kappa shape index (κ1) is 22.6. The van der Waals surface area contributed by atoms with Crippen LogP contribution in [0.15, 0.2) is 41.5 Å². The maximum absolute atomic E-state index is 13.3. The number of aromatic hydroxyl groups is 2. The molecule has 174 valence electrons. The van der Waals surface area contributed by atoms with E-state index in [2.05, 4.69) is 5.10 Å². The van der Waals surface area contributed by atoms with E-state index in [-0.39, 0.29) is 29.4 Å². The van der Waals surface area contributed by atoms with Crippen molar-refractivity contribution < 1.29 is 24.5 Å². The predicted molar refractivity (Wildman–Crippen MR) is 124 cm³/mol. The second-order valence-electron chi connectivity index (χ2n) is 9.13. The first-order chi connectivity index (χ1) is 15.6. The number of phenols is 2. The Morgan fingerprint density at radius 3 is 2.45 bits per heavy atom. The van der Waals surface area contributed by atoms with Crippen LogP contribution in [-0.2, 0) is 4.79 Å². The van der Waals surface area contributed by atoms with Crippen molar-refractivity contribution in [3.05, 3.63) is 53.1 Å². The number of amides is 2. The highest BCUT2D eigenvalue weighted by Crippen LogP contribution is 2.37. The number of benzene rings is 2. The normalized spacial score (nSPS) is 18.4. The predicted octanol–water partition coefficient (Wildman–Crippen LogP) is 3.29. The number of ether oxygens (including phenoxy) is 1. The number of hydrogen-bond acceptors (Lipinski definition) is 6. The van der Waals surface area contributed by atoms with Crippen molar-refractivity contribution in [2.45, 2.75) is 39.7 Å². The topological polar surface area (TPSA) is 103 Å². The number of likely N-dealkylation sites (tertiary alicyclic amines) is 1. The molecule has 0 saturated carbocycles. The van der Waals surface area contributed by atoms with Crippen molar-refractivity contribution in [2.75, 3.05) is 20.2 Å². The van der Waals surface area contributed by atoms with Gasteiger partial charge in [-0.25, -0.2) is 5.01 Å². The summed E-state index contributed by atoms with van der Waals surface area (Å²) in [6, 6.07) is 9.69. The van der Waals surface area contributed by atoms with Crippen LogP contribution in [0.5, 0.6) is 17.2 Å². The van der Waals surface area contributed by atoms with Crippen LogP contribution in [0.2, 0.25) is 0 Å². The molecule has 0 unspecified atom stereocenters. The molecule has 0 radical (unpaired) electrons. The van der Waals surface area contributed by atoms with Crippen molar-refractivity contribution in [3.63, 3.8) is 0 Å². The number of carbonyl (C=O) groups is 2. The zero-order valence-electron chi connectivity index (χ0n) is 19.3. The summed E-state index contributed by atoms with van der Waals surface area (Å²) in [6.07, 6.45) is 1.21. The van der Waals surface area contributed by atoms with E-state index in [4.69, 9.17) is 4.74 Å². The maximum atomic E-state index is 13.3. The zero-order chi connectivity index (χ0) is 23.9. The van der Waals surface area contributed by atoms with E-state index in [9.17, 15) is 19.8 Å². The molecule has 2 aliphatic rings. The molecule has 0 aromatic heterocycles. The second kappa shape index (κ2) is 8.42. The number of rotatable bonds is 4. The number of phenolic OH excluding ortho intramolecular Hbond substituents is 2. The van der Waals surface area contributed by atoms with Crippen molar-refractivity contribution in [3.8, 4) is 17.2 Å². The summed E-state index contributed by atoms with van der Waals surface area (Å²) in [5.41, 5.74) is 1.73. The van der Waals surface area contributed by atoms with Crippen LogP contribution < -0.4 is 4.74 Å². The van der Waals surface area contributed by atoms with Gasteiger partial charge >= 0.3 is 0 Å². The number of piperidine rings is 1. The average molecular weight is 452 g/mol. The summed E-state index contributed by atoms with van der Waals surface area (Å²) in [5, 5.41) is 26.2. The van der Waals surface area contributed by atoms with E-state index in [0.29, 0.717) is 48.5 Å². The standard InChI is InChI=1S/C25H29N3O5/c1-15-5-7-18(29)14-19(15)23(31)27-11-9-17(10-12-27)28-24(32)25(2,3)22(26-28)16-6-8-21(33-4)20(30)13-16/h5-8,13-14,17,29-30H,9-12H2,1-4H3. The first-order valence-corrected chi connectivity index (χ1v) is 11.0. The number of aryl methyl sites for hydroxylation is 1. The largest absolute Gasteiger partial charge is 0.508 e. The van der Waals surface area contributed by atoms with E-state index < -0.39 is 5.41 Å². The lowest BCUT2D eigenvalue weighted by Gasteiger charge is -2.35. The summed E-state index contributed by atoms with van der Waals surface area (Å²) in [7, 11) is 1.48. The molecule has 2 aromatic rings. The number of carbonyl (C=O) groups excluding carboxylic acids is 2. The van der Waals surface area contributed by atoms with Crippen molar-refractivity contribution in [2.24, 2.45) is 10.5 Å². The van der Waals surface area contributed by atoms with E-state index in [0.717, 1.165) is 5.56 Å². The van der Waals surface area contributed by atoms with Crippen molar-refractivity contribution in [1.82, 2.24) is 9.91 Å². The van der Waals surface area contributed by atoms with Crippen LogP contribution in [0.3, 0.4) is 0 Å². The molecule has 0 bridgehead atoms. The summed E-state index contributed by atoms with van der Waals surface area (Å²) in [6.45, 7) is 6.50. The fourth-order valence-electron chi connectivity index (χ4n) is 4.49. The number of hydrazone groups is 1. The van der Waals surface area contributed by atoms with Crippen molar-refractivity contribution >= 4 is 17.5 Å². The van der Waals surface area contributed by atoms with Crippen LogP contribution in [-0.4, -0.2) is 63.9 Å². The van der Waals surface area contributed by atoms with Gasteiger partial charge in [0, 0.05) is 24.2 Å². The van der Waals surface area contributed by atoms with Crippen LogP contribution in [0.25, 0.3) is 0 Å². The van der Waals surface area contributed by atoms with Crippen molar-refractivity contribution in [1.29, 1.82) is 0 Å². The molecule has 2 amide bonds. The highest BCUT2D eigenvalue weighted by atomic mass is 16.5. The molecule has 8 nitrogen and oxygen atoms in total. The average Bonchev–Trinajstić information content (AvgIpc) is 3.04. The molecular formula is C25H29N3O5. The SMILES string of the molecule is COc1ccc(C2=NN(C3CCN(C(=O)c4cc(O)ccc4C)CC3)C(=O)C2(C)C)cc1O. The van der Waals surface area contributed by atoms with Gasteiger partial charge in [0.05, 0.1) is 24.3 Å². The lowest BCUT2D eigenvalue weighted by molar-refractivity contribution is -0.137. The van der Waals surface area contributed by atoms with Crippen LogP contribution >= 0.6 is 0 Å². The highest BCUT2D eigenvalue weighted by molar-refractivity contribution is 6.19. The van der Waals surface area contributed by atoms with Gasteiger partial charge in [-0.05, 0) is 69.5 Å². The van der Waals surface area contributed by atoms with Crippen LogP contribution in [0, 0.1) is 12.3 Å². The van der Waals surface area contributed by atoms with E-state index in [1.54, 1.807) is 40.2 Å². The molecule has 1 fully saturated rings. The van der Waals surface area contributed by atoms with Gasteiger partial charge in [0.2, 0.25) is 0 Å². The molecule has 33 heavy (non-hydrogen) atoms. The third-order valence-corrected chi connectivity index (χ3v) is 6.54. The van der Waals surface area contributed by atoms with Crippen LogP contribution in [0.4, 0.5) is 0 Å². The summed E-state index contributed by atoms with van der Waals surface area (Å²) in [5.74, 6) is 0.204. The lowest BCUT2D eigenvalue weighted by Crippen LogP contribution is -2.47. The Morgan fingerprint density at radius 1 is 1.12 bits per heavy atom. The minimum Gasteiger partial charge on any atom is -0.508 e. The molecule has 1 saturated heterocycles. The smallest absolute Gasteiger partial charge is 0.254 e. The molecule has 0 aliphatic carbocycles. The number of hydrogen-bond donors (Lipinski definition) is 2. The van der Waals surface area contributed by atoms with Gasteiger partial charge in [-0.1, -0.05) is 6.07 Å². The second-order valence-corrected chi connectivity index (χ2v) is 9.13. The van der Waals surface area contributed by atoms with Gasteiger partial charge in [-0.2, -0.15) is 5.10 Å². The highest BCUT2D eigenvalue weighted by Gasteiger charge is 2.47. The molecule has 2 N–H and O–H groups in total. The quantitative estimate of drug-likeness (QED) is 0.743. The minimum atomic E-state index is -0.841. The molecule has 2 heterocycles. The van der Waals surface area contributed by atoms with Crippen LogP contribution in [0.1, 0.15) is 48.2 Å². The van der Waals surface area contributed by atoms with E-state index in [1.807, 2.05) is 20.8 Å². The molecule has 8 heteroatoms. The van der Waals surface area contributed by atoms with E-state index >= 15 is 0 Å². The first-order valence-electron chi connectivity index (χ1n) is 11.0. The zero-order valence-corrected chi connectivity index (χ0v) is 19.3. The Kier molecular flexibility index (Phi) is 5.78. The van der Waals surface area contributed by atoms with Gasteiger partial charge in [0.15, 0.2) is 11.5 Å². The number of nitrogens with zero attached hydrogens (tertiary/aromatic N) is 3. The van der Waals surface area contributed by atoms with Gasteiger partial charge in [0.1, 0.15) is 5.75 Å². The Morgan fingerprint density at radius 2 is 1.82 bits per heavy atom. The third kappa shape index (κ3) is 4.01. The molecule has 4 rings (SSSR count). The molecular weight excluding hydrogens is 422 g/mol. The Bertz CT molecular complexity index is 1130. The Hall–Kier alpha value is -3.55. The lowest BCUT2D eigenvalue weighted by atomic mass is 9.83. The molecule has 2 aliphatic heterocycles. The fourth-order valence-corrected chi connectivity index (χ4v) is 4.49. The van der Waals surface area contributed by atoms with Gasteiger partial charge < -0.3 is 19.8 Å². The minimum absolute atomic E-state index is 0.00605. The number of methoxy groups -OCH3 is 1. The monoisotopic (exact) mass is 451 g/mol. The van der Waals surface area contributed by atoms with E-state index in [1.165, 1.54) is 13.2 Å². The molecule has 2 aromatic carbocycles. The molecule has 0 spiro atoms. The maximum Gasteiger partial charge on any atom is 0.254 e. The fraction of sp³-hybridized carbons (Fsp3) is 0.400. The van der Waals surface area contributed by atoms with Gasteiger partial charge in [-0.15, -0.1) is 0 Å².